The van der Waals surface area contributed by atoms with Crippen molar-refractivity contribution in [2.24, 2.45) is 0 Å². The van der Waals surface area contributed by atoms with Crippen LogP contribution in [0.25, 0.3) is 0 Å². The molecule has 2 heterocycles. The molecule has 5 heteroatoms. The molecule has 16 heavy (non-hydrogen) atoms. The number of fused-ring (bicyclic) bond motifs is 1. The van der Waals surface area contributed by atoms with Gasteiger partial charge >= 0.3 is 6.09 Å². The van der Waals surface area contributed by atoms with Gasteiger partial charge in [-0.25, -0.2) is 4.79 Å². The van der Waals surface area contributed by atoms with Crippen molar-refractivity contribution in [1.82, 2.24) is 9.88 Å². The maximum Gasteiger partial charge on any atom is 0.414 e. The Morgan fingerprint density at radius 2 is 2.25 bits per heavy atom. The van der Waals surface area contributed by atoms with Crippen molar-refractivity contribution in [1.29, 1.82) is 0 Å². The van der Waals surface area contributed by atoms with Gasteiger partial charge in [0.2, 0.25) is 0 Å². The number of aromatic nitrogens is 1. The molecule has 1 amide bonds. The van der Waals surface area contributed by atoms with E-state index < -0.39 is 6.09 Å². The van der Waals surface area contributed by atoms with Crippen molar-refractivity contribution >= 4 is 6.09 Å². The van der Waals surface area contributed by atoms with Gasteiger partial charge in [-0.15, -0.1) is 0 Å². The van der Waals surface area contributed by atoms with E-state index >= 15 is 0 Å². The average Bonchev–Trinajstić information content (AvgIpc) is 2.70. The molecule has 1 aromatic rings. The lowest BCUT2D eigenvalue weighted by Crippen LogP contribution is -2.26. The number of aryl methyl sites for hydroxylation is 1. The van der Waals surface area contributed by atoms with E-state index in [0.29, 0.717) is 24.7 Å². The van der Waals surface area contributed by atoms with Gasteiger partial charge in [0.25, 0.3) is 0 Å². The molecule has 2 rings (SSSR count). The summed E-state index contributed by atoms with van der Waals surface area (Å²) in [7, 11) is 3.29. The average molecular weight is 222 g/mol. The molecule has 0 spiro atoms. The van der Waals surface area contributed by atoms with E-state index in [1.165, 1.54) is 4.90 Å². The first-order valence-electron chi connectivity index (χ1n) is 5.04. The van der Waals surface area contributed by atoms with Gasteiger partial charge in [-0.05, 0) is 6.92 Å². The first kappa shape index (κ1) is 10.9. The molecule has 1 aromatic heterocycles. The van der Waals surface area contributed by atoms with Gasteiger partial charge < -0.3 is 14.4 Å². The van der Waals surface area contributed by atoms with Crippen LogP contribution >= 0.6 is 0 Å². The van der Waals surface area contributed by atoms with Crippen molar-refractivity contribution in [2.75, 3.05) is 14.1 Å². The van der Waals surface area contributed by atoms with Crippen LogP contribution in [0.3, 0.4) is 0 Å². The number of rotatable bonds is 1. The second-order valence-electron chi connectivity index (χ2n) is 3.93. The van der Waals surface area contributed by atoms with Gasteiger partial charge in [0.05, 0.1) is 18.9 Å². The van der Waals surface area contributed by atoms with E-state index in [9.17, 15) is 4.79 Å². The summed E-state index contributed by atoms with van der Waals surface area (Å²) in [6.45, 7) is 2.83. The molecular weight excluding hydrogens is 208 g/mol. The topological polar surface area (TPSA) is 51.7 Å². The molecule has 0 N–H and O–H groups in total. The van der Waals surface area contributed by atoms with Crippen LogP contribution in [0, 0.1) is 6.92 Å². The SMILES string of the molecule is Cc1ncc2c(c1OC(=O)N(C)C)COC2. The number of hydrogen-bond acceptors (Lipinski definition) is 4. The molecule has 5 nitrogen and oxygen atoms in total. The van der Waals surface area contributed by atoms with E-state index in [2.05, 4.69) is 4.98 Å². The summed E-state index contributed by atoms with van der Waals surface area (Å²) >= 11 is 0. The lowest BCUT2D eigenvalue weighted by Gasteiger charge is -2.14. The molecule has 1 aliphatic heterocycles. The van der Waals surface area contributed by atoms with Crippen molar-refractivity contribution < 1.29 is 14.3 Å². The molecule has 0 atom stereocenters. The molecule has 1 aliphatic rings. The summed E-state index contributed by atoms with van der Waals surface area (Å²) in [6.07, 6.45) is 1.37. The zero-order valence-corrected chi connectivity index (χ0v) is 9.61. The Morgan fingerprint density at radius 1 is 1.50 bits per heavy atom. The number of nitrogens with zero attached hydrogens (tertiary/aromatic N) is 2. The third-order valence-electron chi connectivity index (χ3n) is 2.46. The van der Waals surface area contributed by atoms with Crippen molar-refractivity contribution in [3.63, 3.8) is 0 Å². The third-order valence-corrected chi connectivity index (χ3v) is 2.46. The lowest BCUT2D eigenvalue weighted by atomic mass is 10.1. The van der Waals surface area contributed by atoms with E-state index in [1.807, 2.05) is 6.92 Å². The number of ether oxygens (including phenoxy) is 2. The zero-order chi connectivity index (χ0) is 11.7. The second kappa shape index (κ2) is 4.09. The van der Waals surface area contributed by atoms with Crippen LogP contribution in [0.4, 0.5) is 4.79 Å². The largest absolute Gasteiger partial charge is 0.414 e. The molecule has 0 aliphatic carbocycles. The number of pyridine rings is 1. The Morgan fingerprint density at radius 3 is 2.94 bits per heavy atom. The third kappa shape index (κ3) is 1.86. The Hall–Kier alpha value is -1.62. The summed E-state index contributed by atoms with van der Waals surface area (Å²) in [5.41, 5.74) is 2.63. The highest BCUT2D eigenvalue weighted by Gasteiger charge is 2.21. The quantitative estimate of drug-likeness (QED) is 0.722. The first-order chi connectivity index (χ1) is 7.59. The van der Waals surface area contributed by atoms with Crippen LogP contribution in [0.2, 0.25) is 0 Å². The van der Waals surface area contributed by atoms with Crippen LogP contribution < -0.4 is 4.74 Å². The number of amides is 1. The molecular formula is C11H14N2O3. The second-order valence-corrected chi connectivity index (χ2v) is 3.93. The molecule has 86 valence electrons. The van der Waals surface area contributed by atoms with Crippen LogP contribution in [-0.4, -0.2) is 30.1 Å². The molecule has 0 radical (unpaired) electrons. The van der Waals surface area contributed by atoms with E-state index in [-0.39, 0.29) is 0 Å². The van der Waals surface area contributed by atoms with E-state index in [4.69, 9.17) is 9.47 Å². The monoisotopic (exact) mass is 222 g/mol. The van der Waals surface area contributed by atoms with Crippen molar-refractivity contribution in [3.05, 3.63) is 23.0 Å². The summed E-state index contributed by atoms with van der Waals surface area (Å²) in [6, 6.07) is 0. The smallest absolute Gasteiger partial charge is 0.408 e. The van der Waals surface area contributed by atoms with Gasteiger partial charge in [-0.2, -0.15) is 0 Å². The fraction of sp³-hybridized carbons (Fsp3) is 0.455. The highest BCUT2D eigenvalue weighted by molar-refractivity contribution is 5.71. The van der Waals surface area contributed by atoms with Crippen LogP contribution in [0.15, 0.2) is 6.20 Å². The van der Waals surface area contributed by atoms with Crippen molar-refractivity contribution in [2.45, 2.75) is 20.1 Å². The van der Waals surface area contributed by atoms with Gasteiger partial charge in [0.15, 0.2) is 5.75 Å². The normalized spacial score (nSPS) is 13.4. The van der Waals surface area contributed by atoms with Crippen LogP contribution in [0.5, 0.6) is 5.75 Å². The highest BCUT2D eigenvalue weighted by atomic mass is 16.6. The first-order valence-corrected chi connectivity index (χ1v) is 5.04. The number of hydrogen-bond donors (Lipinski definition) is 0. The predicted octanol–water partition coefficient (Wildman–Crippen LogP) is 1.48. The summed E-state index contributed by atoms with van der Waals surface area (Å²) in [5, 5.41) is 0. The van der Waals surface area contributed by atoms with Gasteiger partial charge in [0.1, 0.15) is 0 Å². The van der Waals surface area contributed by atoms with Crippen molar-refractivity contribution in [3.8, 4) is 5.75 Å². The van der Waals surface area contributed by atoms with Crippen LogP contribution in [-0.2, 0) is 18.0 Å². The zero-order valence-electron chi connectivity index (χ0n) is 9.61. The molecule has 0 aromatic carbocycles. The minimum absolute atomic E-state index is 0.398. The summed E-state index contributed by atoms with van der Waals surface area (Å²) in [5.74, 6) is 0.536. The maximum atomic E-state index is 11.5. The number of carbonyl (C=O) groups is 1. The Kier molecular flexibility index (Phi) is 2.78. The Labute approximate surface area is 94.0 Å². The van der Waals surface area contributed by atoms with Gasteiger partial charge in [-0.3, -0.25) is 4.98 Å². The molecule has 0 saturated heterocycles. The lowest BCUT2D eigenvalue weighted by molar-refractivity contribution is 0.132. The molecule has 0 unspecified atom stereocenters. The van der Waals surface area contributed by atoms with Gasteiger partial charge in [0, 0.05) is 31.4 Å². The molecule has 0 saturated carbocycles. The minimum Gasteiger partial charge on any atom is -0.408 e. The minimum atomic E-state index is -0.398. The van der Waals surface area contributed by atoms with Crippen LogP contribution in [0.1, 0.15) is 16.8 Å². The Bertz CT molecular complexity index is 429. The van der Waals surface area contributed by atoms with Gasteiger partial charge in [-0.1, -0.05) is 0 Å². The number of carbonyl (C=O) groups excluding carboxylic acids is 1. The highest BCUT2D eigenvalue weighted by Crippen LogP contribution is 2.31. The summed E-state index contributed by atoms with van der Waals surface area (Å²) in [4.78, 5) is 17.1. The van der Waals surface area contributed by atoms with E-state index in [0.717, 1.165) is 11.1 Å². The summed E-state index contributed by atoms with van der Waals surface area (Å²) < 4.78 is 10.6. The predicted molar refractivity (Wildman–Crippen MR) is 57.2 cm³/mol. The fourth-order valence-electron chi connectivity index (χ4n) is 1.54. The molecule has 0 bridgehead atoms. The Balaban J connectivity index is 2.33. The standard InChI is InChI=1S/C11H14N2O3/c1-7-10(16-11(14)13(2)3)9-6-15-5-8(9)4-12-7/h4H,5-6H2,1-3H3. The molecule has 0 fully saturated rings. The maximum absolute atomic E-state index is 11.5. The van der Waals surface area contributed by atoms with E-state index in [1.54, 1.807) is 20.3 Å². The fourth-order valence-corrected chi connectivity index (χ4v) is 1.54.